The van der Waals surface area contributed by atoms with Gasteiger partial charge in [-0.15, -0.1) is 0 Å². The van der Waals surface area contributed by atoms with E-state index in [1.54, 1.807) is 24.4 Å². The van der Waals surface area contributed by atoms with Crippen LogP contribution in [0.2, 0.25) is 0 Å². The minimum Gasteiger partial charge on any atom is -0.391 e. The number of ether oxygens (including phenoxy) is 1. The van der Waals surface area contributed by atoms with Gasteiger partial charge in [0.1, 0.15) is 0 Å². The minimum absolute atomic E-state index is 0.0532. The monoisotopic (exact) mass is 264 g/mol. The predicted octanol–water partition coefficient (Wildman–Crippen LogP) is 0.622. The second-order valence-corrected chi connectivity index (χ2v) is 4.81. The summed E-state index contributed by atoms with van der Waals surface area (Å²) in [4.78, 5) is 17.8. The molecule has 0 aromatic carbocycles. The molecule has 1 aliphatic heterocycles. The largest absolute Gasteiger partial charge is 0.391 e. The lowest BCUT2D eigenvalue weighted by atomic mass is 10.0. The smallest absolute Gasteiger partial charge is 0.225 e. The summed E-state index contributed by atoms with van der Waals surface area (Å²) in [6.07, 6.45) is 4.70. The summed E-state index contributed by atoms with van der Waals surface area (Å²) in [5.74, 6) is 0.0532. The van der Waals surface area contributed by atoms with Gasteiger partial charge >= 0.3 is 0 Å². The number of pyridine rings is 1. The average Bonchev–Trinajstić information content (AvgIpc) is 2.79. The van der Waals surface area contributed by atoms with Crippen LogP contribution < -0.4 is 0 Å². The maximum Gasteiger partial charge on any atom is 0.225 e. The maximum atomic E-state index is 12.1. The molecule has 0 unspecified atom stereocenters. The van der Waals surface area contributed by atoms with Crippen molar-refractivity contribution < 1.29 is 14.6 Å². The highest BCUT2D eigenvalue weighted by Crippen LogP contribution is 2.22. The van der Waals surface area contributed by atoms with E-state index >= 15 is 0 Å². The Bertz CT molecular complexity index is 410. The predicted molar refractivity (Wildman–Crippen MR) is 70.6 cm³/mol. The zero-order valence-electron chi connectivity index (χ0n) is 11.2. The number of nitrogens with zero attached hydrogens (tertiary/aromatic N) is 2. The third-order valence-electron chi connectivity index (χ3n) is 3.54. The molecule has 2 atom stereocenters. The Morgan fingerprint density at radius 1 is 1.53 bits per heavy atom. The van der Waals surface area contributed by atoms with E-state index in [-0.39, 0.29) is 11.9 Å². The van der Waals surface area contributed by atoms with Crippen molar-refractivity contribution in [2.45, 2.75) is 31.4 Å². The Balaban J connectivity index is 2.01. The SMILES string of the molecule is COCCC(=O)N1CC[C@@H](O)[C@@H]1Cc1ccncc1. The van der Waals surface area contributed by atoms with E-state index in [0.717, 1.165) is 5.56 Å². The molecule has 1 aromatic rings. The standard InChI is InChI=1S/C14H20N2O3/c1-19-9-5-14(18)16-8-4-13(17)12(16)10-11-2-6-15-7-3-11/h2-3,6-7,12-13,17H,4-5,8-10H2,1H3/t12-,13+/m0/s1. The molecule has 104 valence electrons. The van der Waals surface area contributed by atoms with Gasteiger partial charge in [0.05, 0.1) is 25.2 Å². The molecule has 0 aliphatic carbocycles. The van der Waals surface area contributed by atoms with Crippen molar-refractivity contribution in [2.75, 3.05) is 20.3 Å². The highest BCUT2D eigenvalue weighted by molar-refractivity contribution is 5.77. The number of amides is 1. The Hall–Kier alpha value is -1.46. The Labute approximate surface area is 113 Å². The second-order valence-electron chi connectivity index (χ2n) is 4.81. The van der Waals surface area contributed by atoms with Crippen LogP contribution in [0, 0.1) is 0 Å². The van der Waals surface area contributed by atoms with Gasteiger partial charge in [-0.1, -0.05) is 0 Å². The van der Waals surface area contributed by atoms with E-state index in [1.807, 2.05) is 12.1 Å². The normalized spacial score (nSPS) is 22.7. The fourth-order valence-electron chi connectivity index (χ4n) is 2.49. The topological polar surface area (TPSA) is 62.7 Å². The molecule has 5 nitrogen and oxygen atoms in total. The molecule has 2 heterocycles. The van der Waals surface area contributed by atoms with Gasteiger partial charge in [0.2, 0.25) is 5.91 Å². The first-order valence-corrected chi connectivity index (χ1v) is 6.57. The van der Waals surface area contributed by atoms with Crippen LogP contribution in [-0.2, 0) is 16.0 Å². The number of carbonyl (C=O) groups is 1. The number of hydrogen-bond acceptors (Lipinski definition) is 4. The summed E-state index contributed by atoms with van der Waals surface area (Å²) in [7, 11) is 1.58. The van der Waals surface area contributed by atoms with Crippen molar-refractivity contribution >= 4 is 5.91 Å². The van der Waals surface area contributed by atoms with Crippen LogP contribution >= 0.6 is 0 Å². The maximum absolute atomic E-state index is 12.1. The lowest BCUT2D eigenvalue weighted by Gasteiger charge is -2.26. The first kappa shape index (κ1) is 14.0. The number of methoxy groups -OCH3 is 1. The van der Waals surface area contributed by atoms with E-state index in [0.29, 0.717) is 32.4 Å². The van der Waals surface area contributed by atoms with Gasteiger partial charge in [-0.3, -0.25) is 9.78 Å². The molecule has 0 bridgehead atoms. The van der Waals surface area contributed by atoms with Crippen molar-refractivity contribution in [3.8, 4) is 0 Å². The highest BCUT2D eigenvalue weighted by Gasteiger charge is 2.35. The third kappa shape index (κ3) is 3.52. The molecule has 19 heavy (non-hydrogen) atoms. The quantitative estimate of drug-likeness (QED) is 0.847. The number of aromatic nitrogens is 1. The lowest BCUT2D eigenvalue weighted by molar-refractivity contribution is -0.133. The fraction of sp³-hybridized carbons (Fsp3) is 0.571. The van der Waals surface area contributed by atoms with Crippen molar-refractivity contribution in [3.05, 3.63) is 30.1 Å². The summed E-state index contributed by atoms with van der Waals surface area (Å²) >= 11 is 0. The second kappa shape index (κ2) is 6.63. The average molecular weight is 264 g/mol. The van der Waals surface area contributed by atoms with E-state index in [9.17, 15) is 9.90 Å². The van der Waals surface area contributed by atoms with Crippen LogP contribution in [0.25, 0.3) is 0 Å². The van der Waals surface area contributed by atoms with Crippen molar-refractivity contribution in [2.24, 2.45) is 0 Å². The fourth-order valence-corrected chi connectivity index (χ4v) is 2.49. The van der Waals surface area contributed by atoms with Crippen LogP contribution in [0.3, 0.4) is 0 Å². The number of aliphatic hydroxyl groups is 1. The Kier molecular flexibility index (Phi) is 4.87. The summed E-state index contributed by atoms with van der Waals surface area (Å²) in [5.41, 5.74) is 1.09. The summed E-state index contributed by atoms with van der Waals surface area (Å²) in [5, 5.41) is 10.1. The summed E-state index contributed by atoms with van der Waals surface area (Å²) < 4.78 is 4.93. The molecule has 1 aliphatic rings. The molecular weight excluding hydrogens is 244 g/mol. The van der Waals surface area contributed by atoms with Crippen molar-refractivity contribution in [1.29, 1.82) is 0 Å². The third-order valence-corrected chi connectivity index (χ3v) is 3.54. The van der Waals surface area contributed by atoms with E-state index < -0.39 is 6.10 Å². The molecule has 1 fully saturated rings. The van der Waals surface area contributed by atoms with Crippen LogP contribution in [0.1, 0.15) is 18.4 Å². The number of hydrogen-bond donors (Lipinski definition) is 1. The van der Waals surface area contributed by atoms with Crippen LogP contribution in [0.5, 0.6) is 0 Å². The minimum atomic E-state index is -0.445. The van der Waals surface area contributed by atoms with Crippen molar-refractivity contribution in [1.82, 2.24) is 9.88 Å². The molecule has 1 N–H and O–H groups in total. The zero-order chi connectivity index (χ0) is 13.7. The lowest BCUT2D eigenvalue weighted by Crippen LogP contribution is -2.41. The van der Waals surface area contributed by atoms with Crippen molar-refractivity contribution in [3.63, 3.8) is 0 Å². The van der Waals surface area contributed by atoms with Crippen LogP contribution in [0.15, 0.2) is 24.5 Å². The molecule has 0 saturated carbocycles. The van der Waals surface area contributed by atoms with Gasteiger partial charge in [-0.2, -0.15) is 0 Å². The molecule has 5 heteroatoms. The van der Waals surface area contributed by atoms with Gasteiger partial charge in [0.15, 0.2) is 0 Å². The number of rotatable bonds is 5. The first-order valence-electron chi connectivity index (χ1n) is 6.57. The van der Waals surface area contributed by atoms with Gasteiger partial charge in [0.25, 0.3) is 0 Å². The number of likely N-dealkylation sites (tertiary alicyclic amines) is 1. The molecule has 1 aromatic heterocycles. The number of aliphatic hydroxyl groups excluding tert-OH is 1. The molecule has 0 radical (unpaired) electrons. The van der Waals surface area contributed by atoms with Gasteiger partial charge in [-0.05, 0) is 30.5 Å². The molecular formula is C14H20N2O3. The molecule has 1 amide bonds. The Morgan fingerprint density at radius 2 is 2.26 bits per heavy atom. The number of carbonyl (C=O) groups excluding carboxylic acids is 1. The van der Waals surface area contributed by atoms with Gasteiger partial charge in [-0.25, -0.2) is 0 Å². The van der Waals surface area contributed by atoms with E-state index in [1.165, 1.54) is 0 Å². The van der Waals surface area contributed by atoms with Crippen LogP contribution in [0.4, 0.5) is 0 Å². The molecule has 1 saturated heterocycles. The van der Waals surface area contributed by atoms with E-state index in [2.05, 4.69) is 4.98 Å². The van der Waals surface area contributed by atoms with E-state index in [4.69, 9.17) is 4.74 Å². The van der Waals surface area contributed by atoms with Gasteiger partial charge < -0.3 is 14.7 Å². The summed E-state index contributed by atoms with van der Waals surface area (Å²) in [6, 6.07) is 3.71. The molecule has 2 rings (SSSR count). The molecule has 0 spiro atoms. The summed E-state index contributed by atoms with van der Waals surface area (Å²) in [6.45, 7) is 1.05. The first-order chi connectivity index (χ1) is 9.22. The van der Waals surface area contributed by atoms with Gasteiger partial charge in [0, 0.05) is 26.0 Å². The highest BCUT2D eigenvalue weighted by atomic mass is 16.5. The zero-order valence-corrected chi connectivity index (χ0v) is 11.2. The Morgan fingerprint density at radius 3 is 2.95 bits per heavy atom. The van der Waals surface area contributed by atoms with Crippen LogP contribution in [-0.4, -0.2) is 53.3 Å².